The summed E-state index contributed by atoms with van der Waals surface area (Å²) in [6.45, 7) is 6.12. The molecule has 4 heteroatoms. The SMILES string of the molecule is CCNC1CCCc2nc(C3(OCC)CCCC3)sc21. The molecule has 1 aromatic rings. The van der Waals surface area contributed by atoms with Crippen LogP contribution in [0.5, 0.6) is 0 Å². The molecule has 1 N–H and O–H groups in total. The van der Waals surface area contributed by atoms with E-state index in [9.17, 15) is 0 Å². The average Bonchev–Trinajstić information content (AvgIpc) is 3.07. The maximum Gasteiger partial charge on any atom is 0.125 e. The summed E-state index contributed by atoms with van der Waals surface area (Å²) in [6, 6.07) is 0.523. The van der Waals surface area contributed by atoms with Crippen LogP contribution >= 0.6 is 11.3 Å². The molecule has 0 saturated heterocycles. The van der Waals surface area contributed by atoms with Crippen LogP contribution in [0, 0.1) is 0 Å². The summed E-state index contributed by atoms with van der Waals surface area (Å²) < 4.78 is 6.18. The third-order valence-electron chi connectivity index (χ3n) is 4.62. The Morgan fingerprint density at radius 1 is 1.30 bits per heavy atom. The van der Waals surface area contributed by atoms with Crippen LogP contribution < -0.4 is 5.32 Å². The number of thiazole rings is 1. The Hall–Kier alpha value is -0.450. The number of aryl methyl sites for hydroxylation is 1. The number of ether oxygens (including phenoxy) is 1. The fraction of sp³-hybridized carbons (Fsp3) is 0.812. The molecule has 3 nitrogen and oxygen atoms in total. The van der Waals surface area contributed by atoms with Crippen LogP contribution in [0.15, 0.2) is 0 Å². The normalized spacial score (nSPS) is 24.8. The highest BCUT2D eigenvalue weighted by atomic mass is 32.1. The van der Waals surface area contributed by atoms with Crippen molar-refractivity contribution in [3.05, 3.63) is 15.6 Å². The number of hydrogen-bond donors (Lipinski definition) is 1. The van der Waals surface area contributed by atoms with Gasteiger partial charge in [-0.3, -0.25) is 0 Å². The highest BCUT2D eigenvalue weighted by Gasteiger charge is 2.40. The van der Waals surface area contributed by atoms with Crippen LogP contribution in [0.4, 0.5) is 0 Å². The molecule has 0 aliphatic heterocycles. The molecule has 0 bridgehead atoms. The minimum absolute atomic E-state index is 0.0620. The molecule has 1 unspecified atom stereocenters. The van der Waals surface area contributed by atoms with Crippen LogP contribution in [0.3, 0.4) is 0 Å². The maximum absolute atomic E-state index is 6.18. The standard InChI is InChI=1S/C16H26N2OS/c1-3-17-12-8-7-9-13-14(12)20-15(18-13)16(19-4-2)10-5-6-11-16/h12,17H,3-11H2,1-2H3. The van der Waals surface area contributed by atoms with E-state index < -0.39 is 0 Å². The Morgan fingerprint density at radius 3 is 2.80 bits per heavy atom. The van der Waals surface area contributed by atoms with Crippen molar-refractivity contribution < 1.29 is 4.74 Å². The smallest absolute Gasteiger partial charge is 0.125 e. The monoisotopic (exact) mass is 294 g/mol. The Bertz CT molecular complexity index is 451. The number of hydrogen-bond acceptors (Lipinski definition) is 4. The highest BCUT2D eigenvalue weighted by molar-refractivity contribution is 7.12. The number of fused-ring (bicyclic) bond motifs is 1. The van der Waals surface area contributed by atoms with Crippen LogP contribution in [-0.2, 0) is 16.8 Å². The van der Waals surface area contributed by atoms with E-state index >= 15 is 0 Å². The summed E-state index contributed by atoms with van der Waals surface area (Å²) in [4.78, 5) is 6.49. The first-order valence-electron chi connectivity index (χ1n) is 8.16. The number of rotatable bonds is 5. The molecule has 0 amide bonds. The van der Waals surface area contributed by atoms with E-state index in [-0.39, 0.29) is 5.60 Å². The van der Waals surface area contributed by atoms with Crippen LogP contribution in [-0.4, -0.2) is 18.1 Å². The Kier molecular flexibility index (Phi) is 4.43. The van der Waals surface area contributed by atoms with Gasteiger partial charge in [-0.15, -0.1) is 11.3 Å². The highest BCUT2D eigenvalue weighted by Crippen LogP contribution is 2.46. The van der Waals surface area contributed by atoms with Gasteiger partial charge in [0.05, 0.1) is 5.69 Å². The summed E-state index contributed by atoms with van der Waals surface area (Å²) in [7, 11) is 0. The number of nitrogens with one attached hydrogen (secondary N) is 1. The second kappa shape index (κ2) is 6.12. The summed E-state index contributed by atoms with van der Waals surface area (Å²) in [5.74, 6) is 0. The van der Waals surface area contributed by atoms with Crippen molar-refractivity contribution in [3.8, 4) is 0 Å². The van der Waals surface area contributed by atoms with Crippen LogP contribution in [0.1, 0.15) is 74.0 Å². The second-order valence-electron chi connectivity index (χ2n) is 5.97. The zero-order valence-electron chi connectivity index (χ0n) is 12.7. The third-order valence-corrected chi connectivity index (χ3v) is 6.02. The molecule has 2 aliphatic carbocycles. The molecule has 0 radical (unpaired) electrons. The minimum atomic E-state index is -0.0620. The van der Waals surface area contributed by atoms with Gasteiger partial charge >= 0.3 is 0 Å². The van der Waals surface area contributed by atoms with Crippen molar-refractivity contribution >= 4 is 11.3 Å². The molecule has 1 atom stereocenters. The van der Waals surface area contributed by atoms with Crippen molar-refractivity contribution in [3.63, 3.8) is 0 Å². The molecular formula is C16H26N2OS. The molecule has 3 rings (SSSR count). The molecule has 1 fully saturated rings. The second-order valence-corrected chi connectivity index (χ2v) is 7.00. The van der Waals surface area contributed by atoms with Crippen LogP contribution in [0.25, 0.3) is 0 Å². The topological polar surface area (TPSA) is 34.2 Å². The van der Waals surface area contributed by atoms with Gasteiger partial charge in [0.1, 0.15) is 10.6 Å². The molecule has 2 aliphatic rings. The van der Waals surface area contributed by atoms with E-state index in [4.69, 9.17) is 9.72 Å². The summed E-state index contributed by atoms with van der Waals surface area (Å²) in [5.41, 5.74) is 1.28. The van der Waals surface area contributed by atoms with Crippen molar-refractivity contribution in [2.75, 3.05) is 13.2 Å². The van der Waals surface area contributed by atoms with Gasteiger partial charge < -0.3 is 10.1 Å². The third kappa shape index (κ3) is 2.53. The van der Waals surface area contributed by atoms with Crippen molar-refractivity contribution in [1.82, 2.24) is 10.3 Å². The average molecular weight is 294 g/mol. The zero-order chi connectivity index (χ0) is 14.0. The predicted molar refractivity (Wildman–Crippen MR) is 83.2 cm³/mol. The van der Waals surface area contributed by atoms with E-state index in [0.717, 1.165) is 32.4 Å². The Morgan fingerprint density at radius 2 is 2.10 bits per heavy atom. The van der Waals surface area contributed by atoms with E-state index in [1.165, 1.54) is 41.3 Å². The van der Waals surface area contributed by atoms with Crippen LogP contribution in [0.2, 0.25) is 0 Å². The van der Waals surface area contributed by atoms with Gasteiger partial charge in [0.2, 0.25) is 0 Å². The lowest BCUT2D eigenvalue weighted by Gasteiger charge is -2.26. The molecular weight excluding hydrogens is 268 g/mol. The molecule has 112 valence electrons. The zero-order valence-corrected chi connectivity index (χ0v) is 13.5. The van der Waals surface area contributed by atoms with Gasteiger partial charge in [0.15, 0.2) is 0 Å². The van der Waals surface area contributed by atoms with E-state index in [1.54, 1.807) is 0 Å². The van der Waals surface area contributed by atoms with Gasteiger partial charge in [0.25, 0.3) is 0 Å². The van der Waals surface area contributed by atoms with Gasteiger partial charge in [0, 0.05) is 17.5 Å². The fourth-order valence-electron chi connectivity index (χ4n) is 3.70. The largest absolute Gasteiger partial charge is 0.368 e. The van der Waals surface area contributed by atoms with Gasteiger partial charge in [-0.1, -0.05) is 19.8 Å². The predicted octanol–water partition coefficient (Wildman–Crippen LogP) is 3.94. The fourth-order valence-corrected chi connectivity index (χ4v) is 5.12. The molecule has 20 heavy (non-hydrogen) atoms. The first-order chi connectivity index (χ1) is 9.79. The minimum Gasteiger partial charge on any atom is -0.368 e. The Balaban J connectivity index is 1.91. The van der Waals surface area contributed by atoms with Crippen molar-refractivity contribution in [1.29, 1.82) is 0 Å². The summed E-state index contributed by atoms with van der Waals surface area (Å²) in [5, 5.41) is 4.87. The quantitative estimate of drug-likeness (QED) is 0.893. The number of nitrogens with zero attached hydrogens (tertiary/aromatic N) is 1. The Labute approximate surface area is 126 Å². The van der Waals surface area contributed by atoms with Gasteiger partial charge in [-0.05, 0) is 45.6 Å². The molecule has 1 aromatic heterocycles. The maximum atomic E-state index is 6.18. The number of aromatic nitrogens is 1. The molecule has 0 spiro atoms. The van der Waals surface area contributed by atoms with Crippen molar-refractivity contribution in [2.45, 2.75) is 70.4 Å². The van der Waals surface area contributed by atoms with E-state index in [1.807, 2.05) is 11.3 Å². The van der Waals surface area contributed by atoms with E-state index in [2.05, 4.69) is 19.2 Å². The summed E-state index contributed by atoms with van der Waals surface area (Å²) in [6.07, 6.45) is 8.52. The van der Waals surface area contributed by atoms with E-state index in [0.29, 0.717) is 6.04 Å². The van der Waals surface area contributed by atoms with Gasteiger partial charge in [-0.2, -0.15) is 0 Å². The first kappa shape index (κ1) is 14.5. The lowest BCUT2D eigenvalue weighted by molar-refractivity contribution is -0.0392. The molecule has 1 heterocycles. The van der Waals surface area contributed by atoms with Gasteiger partial charge in [-0.25, -0.2) is 4.98 Å². The summed E-state index contributed by atoms with van der Waals surface area (Å²) >= 11 is 1.92. The molecule has 0 aromatic carbocycles. The van der Waals surface area contributed by atoms with Crippen molar-refractivity contribution in [2.24, 2.45) is 0 Å². The lowest BCUT2D eigenvalue weighted by Crippen LogP contribution is -2.26. The molecule has 1 saturated carbocycles. The first-order valence-corrected chi connectivity index (χ1v) is 8.98. The lowest BCUT2D eigenvalue weighted by atomic mass is 9.98.